The standard InChI is InChI=1S/C14H21NO2S3/c1-2-3-4-5-6-20-14-10(8-19)9(7-18)11(14)12(16)15-13(14)17/h11,18-19H,2-8H2,1H3,(H,15,16,17)/t11-,14+/m1/s1. The maximum atomic E-state index is 12.3. The molecular formula is C14H21NO2S3. The van der Waals surface area contributed by atoms with Crippen molar-refractivity contribution >= 4 is 48.8 Å². The van der Waals surface area contributed by atoms with Gasteiger partial charge in [-0.2, -0.15) is 25.3 Å². The molecule has 2 rings (SSSR count). The van der Waals surface area contributed by atoms with E-state index >= 15 is 0 Å². The zero-order valence-electron chi connectivity index (χ0n) is 11.6. The van der Waals surface area contributed by atoms with Crippen molar-refractivity contribution in [2.45, 2.75) is 37.4 Å². The molecule has 0 bridgehead atoms. The highest BCUT2D eigenvalue weighted by molar-refractivity contribution is 8.01. The molecule has 1 saturated heterocycles. The van der Waals surface area contributed by atoms with Crippen LogP contribution < -0.4 is 5.32 Å². The van der Waals surface area contributed by atoms with Crippen LogP contribution in [0.2, 0.25) is 0 Å². The summed E-state index contributed by atoms with van der Waals surface area (Å²) in [5, 5.41) is 2.49. The number of imide groups is 1. The first-order valence-electron chi connectivity index (χ1n) is 7.06. The molecule has 0 aromatic rings. The number of hydrogen-bond donors (Lipinski definition) is 3. The molecule has 0 spiro atoms. The van der Waals surface area contributed by atoms with E-state index in [-0.39, 0.29) is 17.7 Å². The van der Waals surface area contributed by atoms with E-state index in [0.717, 1.165) is 23.3 Å². The van der Waals surface area contributed by atoms with Gasteiger partial charge in [0.25, 0.3) is 0 Å². The molecule has 0 aromatic carbocycles. The first kappa shape index (κ1) is 16.3. The van der Waals surface area contributed by atoms with Gasteiger partial charge in [-0.3, -0.25) is 14.9 Å². The predicted octanol–water partition coefficient (Wildman–Crippen LogP) is 2.48. The number of amides is 2. The van der Waals surface area contributed by atoms with Crippen molar-refractivity contribution in [3.8, 4) is 0 Å². The van der Waals surface area contributed by atoms with Crippen molar-refractivity contribution < 1.29 is 9.59 Å². The van der Waals surface area contributed by atoms with Gasteiger partial charge in [0.1, 0.15) is 4.75 Å². The minimum atomic E-state index is -0.677. The molecule has 2 amide bonds. The summed E-state index contributed by atoms with van der Waals surface area (Å²) in [6.45, 7) is 2.18. The van der Waals surface area contributed by atoms with Crippen LogP contribution >= 0.6 is 37.0 Å². The van der Waals surface area contributed by atoms with Crippen LogP contribution in [0.15, 0.2) is 11.1 Å². The van der Waals surface area contributed by atoms with Crippen molar-refractivity contribution in [3.63, 3.8) is 0 Å². The molecule has 1 heterocycles. The second-order valence-corrected chi connectivity index (χ2v) is 7.19. The average Bonchev–Trinajstić information content (AvgIpc) is 2.60. The Bertz CT molecular complexity index is 450. The normalized spacial score (nSPS) is 28.4. The molecule has 20 heavy (non-hydrogen) atoms. The Kier molecular flexibility index (Phi) is 5.54. The highest BCUT2D eigenvalue weighted by Gasteiger charge is 2.65. The van der Waals surface area contributed by atoms with Crippen molar-refractivity contribution in [2.75, 3.05) is 17.3 Å². The summed E-state index contributed by atoms with van der Waals surface area (Å²) < 4.78 is -0.677. The van der Waals surface area contributed by atoms with Crippen LogP contribution in [0.5, 0.6) is 0 Å². The van der Waals surface area contributed by atoms with E-state index in [1.54, 1.807) is 11.8 Å². The van der Waals surface area contributed by atoms with Gasteiger partial charge in [-0.05, 0) is 23.3 Å². The van der Waals surface area contributed by atoms with Gasteiger partial charge in [0, 0.05) is 11.5 Å². The third-order valence-electron chi connectivity index (χ3n) is 4.08. The summed E-state index contributed by atoms with van der Waals surface area (Å²) in [7, 11) is 0. The Balaban J connectivity index is 2.11. The molecule has 0 unspecified atom stereocenters. The number of unbranched alkanes of at least 4 members (excludes halogenated alkanes) is 3. The molecular weight excluding hydrogens is 310 g/mol. The number of carbonyl (C=O) groups is 2. The lowest BCUT2D eigenvalue weighted by Crippen LogP contribution is -2.52. The number of thioether (sulfide) groups is 1. The van der Waals surface area contributed by atoms with E-state index in [4.69, 9.17) is 0 Å². The van der Waals surface area contributed by atoms with Gasteiger partial charge in [0.2, 0.25) is 11.8 Å². The van der Waals surface area contributed by atoms with Gasteiger partial charge in [-0.15, -0.1) is 11.8 Å². The lowest BCUT2D eigenvalue weighted by atomic mass is 9.69. The number of nitrogens with one attached hydrogen (secondary N) is 1. The third-order valence-corrected chi connectivity index (χ3v) is 6.36. The molecule has 2 aliphatic rings. The molecule has 0 aromatic heterocycles. The van der Waals surface area contributed by atoms with E-state index in [9.17, 15) is 9.59 Å². The van der Waals surface area contributed by atoms with Crippen LogP contribution in [0, 0.1) is 5.92 Å². The van der Waals surface area contributed by atoms with Gasteiger partial charge >= 0.3 is 0 Å². The van der Waals surface area contributed by atoms with Crippen LogP contribution in [0.4, 0.5) is 0 Å². The van der Waals surface area contributed by atoms with Gasteiger partial charge in [0.05, 0.1) is 5.92 Å². The van der Waals surface area contributed by atoms with Crippen molar-refractivity contribution in [3.05, 3.63) is 11.1 Å². The third kappa shape index (κ3) is 2.44. The van der Waals surface area contributed by atoms with Crippen LogP contribution in [0.3, 0.4) is 0 Å². The topological polar surface area (TPSA) is 46.2 Å². The van der Waals surface area contributed by atoms with Gasteiger partial charge < -0.3 is 0 Å². The Morgan fingerprint density at radius 1 is 1.20 bits per heavy atom. The fourth-order valence-corrected chi connectivity index (χ4v) is 5.63. The summed E-state index contributed by atoms with van der Waals surface area (Å²) in [6.07, 6.45) is 4.69. The van der Waals surface area contributed by atoms with Gasteiger partial charge in [-0.25, -0.2) is 0 Å². The molecule has 0 radical (unpaired) electrons. The summed E-state index contributed by atoms with van der Waals surface area (Å²) in [5.41, 5.74) is 2.00. The molecule has 1 fully saturated rings. The zero-order valence-corrected chi connectivity index (χ0v) is 14.3. The number of thiol groups is 2. The highest BCUT2D eigenvalue weighted by atomic mass is 32.2. The molecule has 1 N–H and O–H groups in total. The fourth-order valence-electron chi connectivity index (χ4n) is 3.05. The van der Waals surface area contributed by atoms with Crippen LogP contribution in [0.1, 0.15) is 32.6 Å². The van der Waals surface area contributed by atoms with Crippen molar-refractivity contribution in [1.82, 2.24) is 5.32 Å². The molecule has 1 aliphatic carbocycles. The van der Waals surface area contributed by atoms with E-state index < -0.39 is 4.75 Å². The summed E-state index contributed by atoms with van der Waals surface area (Å²) in [4.78, 5) is 24.3. The summed E-state index contributed by atoms with van der Waals surface area (Å²) in [5.74, 6) is 1.34. The molecule has 0 saturated carbocycles. The van der Waals surface area contributed by atoms with E-state index in [2.05, 4.69) is 37.5 Å². The van der Waals surface area contributed by atoms with Crippen molar-refractivity contribution in [2.24, 2.45) is 5.92 Å². The Morgan fingerprint density at radius 2 is 1.95 bits per heavy atom. The number of rotatable bonds is 8. The number of carbonyl (C=O) groups excluding carboxylic acids is 2. The van der Waals surface area contributed by atoms with Crippen molar-refractivity contribution in [1.29, 1.82) is 0 Å². The number of fused-ring (bicyclic) bond motifs is 1. The zero-order chi connectivity index (χ0) is 14.8. The molecule has 112 valence electrons. The second kappa shape index (κ2) is 6.79. The van der Waals surface area contributed by atoms with Gasteiger partial charge in [0.15, 0.2) is 0 Å². The van der Waals surface area contributed by atoms with Gasteiger partial charge in [-0.1, -0.05) is 26.2 Å². The monoisotopic (exact) mass is 331 g/mol. The van der Waals surface area contributed by atoms with Crippen LogP contribution in [-0.2, 0) is 9.59 Å². The molecule has 2 atom stereocenters. The largest absolute Gasteiger partial charge is 0.294 e. The quantitative estimate of drug-likeness (QED) is 0.277. The maximum Gasteiger partial charge on any atom is 0.248 e. The summed E-state index contributed by atoms with van der Waals surface area (Å²) >= 11 is 10.3. The Morgan fingerprint density at radius 3 is 2.55 bits per heavy atom. The van der Waals surface area contributed by atoms with E-state index in [1.807, 2.05) is 0 Å². The second-order valence-electron chi connectivity index (χ2n) is 5.22. The summed E-state index contributed by atoms with van der Waals surface area (Å²) in [6, 6.07) is 0. The Labute approximate surface area is 135 Å². The minimum absolute atomic E-state index is 0.150. The van der Waals surface area contributed by atoms with E-state index in [1.165, 1.54) is 19.3 Å². The van der Waals surface area contributed by atoms with E-state index in [0.29, 0.717) is 11.5 Å². The first-order chi connectivity index (χ1) is 9.63. The fraction of sp³-hybridized carbons (Fsp3) is 0.714. The Hall–Kier alpha value is -0.0700. The highest BCUT2D eigenvalue weighted by Crippen LogP contribution is 2.56. The lowest BCUT2D eigenvalue weighted by molar-refractivity contribution is -0.125. The smallest absolute Gasteiger partial charge is 0.248 e. The predicted molar refractivity (Wildman–Crippen MR) is 90.7 cm³/mol. The first-order valence-corrected chi connectivity index (χ1v) is 9.31. The van der Waals surface area contributed by atoms with Crippen LogP contribution in [-0.4, -0.2) is 33.8 Å². The molecule has 1 aliphatic heterocycles. The minimum Gasteiger partial charge on any atom is -0.294 e. The average molecular weight is 332 g/mol. The SMILES string of the molecule is CCCCCCS[C@]12C(=O)NC(=O)[C@H]1C(CS)=C2CS. The number of hydrogen-bond acceptors (Lipinski definition) is 5. The maximum absolute atomic E-state index is 12.3. The van der Waals surface area contributed by atoms with Crippen LogP contribution in [0.25, 0.3) is 0 Å². The lowest BCUT2D eigenvalue weighted by Gasteiger charge is -2.44. The molecule has 6 heteroatoms. The molecule has 3 nitrogen and oxygen atoms in total.